The van der Waals surface area contributed by atoms with Gasteiger partial charge in [0.2, 0.25) is 0 Å². The lowest BCUT2D eigenvalue weighted by Crippen LogP contribution is -2.44. The first-order valence-corrected chi connectivity index (χ1v) is 9.02. The lowest BCUT2D eigenvalue weighted by molar-refractivity contribution is -0.145. The van der Waals surface area contributed by atoms with Crippen molar-refractivity contribution in [1.82, 2.24) is 5.32 Å². The Balaban J connectivity index is 2.40. The molecule has 0 heterocycles. The molecular formula is C20H31NO4. The molecule has 0 aliphatic carbocycles. The van der Waals surface area contributed by atoms with Crippen LogP contribution in [0.25, 0.3) is 0 Å². The number of carbonyl (C=O) groups excluding carboxylic acids is 2. The van der Waals surface area contributed by atoms with Gasteiger partial charge in [0.1, 0.15) is 11.6 Å². The second-order valence-electron chi connectivity index (χ2n) is 7.04. The number of amides is 1. The van der Waals surface area contributed by atoms with Crippen LogP contribution < -0.4 is 5.32 Å². The first-order valence-electron chi connectivity index (χ1n) is 9.02. The largest absolute Gasteiger partial charge is 0.464 e. The molecule has 0 saturated heterocycles. The van der Waals surface area contributed by atoms with Crippen LogP contribution in [0.5, 0.6) is 0 Å². The number of hydrogen-bond donors (Lipinski definition) is 1. The zero-order valence-electron chi connectivity index (χ0n) is 15.8. The van der Waals surface area contributed by atoms with E-state index in [0.29, 0.717) is 13.0 Å². The summed E-state index contributed by atoms with van der Waals surface area (Å²) >= 11 is 0. The summed E-state index contributed by atoms with van der Waals surface area (Å²) in [6.07, 6.45) is 3.85. The number of unbranched alkanes of at least 4 members (excludes halogenated alkanes) is 2. The van der Waals surface area contributed by atoms with Crippen LogP contribution in [0.4, 0.5) is 4.79 Å². The fourth-order valence-electron chi connectivity index (χ4n) is 2.44. The van der Waals surface area contributed by atoms with Crippen LogP contribution in [0.3, 0.4) is 0 Å². The molecule has 1 aromatic rings. The highest BCUT2D eigenvalue weighted by Crippen LogP contribution is 2.11. The van der Waals surface area contributed by atoms with Crippen molar-refractivity contribution >= 4 is 12.1 Å². The summed E-state index contributed by atoms with van der Waals surface area (Å²) in [4.78, 5) is 23.9. The quantitative estimate of drug-likeness (QED) is 0.535. The topological polar surface area (TPSA) is 64.6 Å². The Morgan fingerprint density at radius 2 is 1.76 bits per heavy atom. The molecule has 25 heavy (non-hydrogen) atoms. The summed E-state index contributed by atoms with van der Waals surface area (Å²) in [5.41, 5.74) is 0.718. The Labute approximate surface area is 151 Å². The lowest BCUT2D eigenvalue weighted by Gasteiger charge is -2.22. The summed E-state index contributed by atoms with van der Waals surface area (Å²) in [5, 5.41) is 2.63. The van der Waals surface area contributed by atoms with Crippen LogP contribution >= 0.6 is 0 Å². The molecule has 0 aliphatic rings. The van der Waals surface area contributed by atoms with Crippen LogP contribution in [0.15, 0.2) is 30.3 Å². The number of carbonyl (C=O) groups is 2. The predicted octanol–water partition coefficient (Wildman–Crippen LogP) is 4.25. The van der Waals surface area contributed by atoms with Gasteiger partial charge in [-0.05, 0) is 52.5 Å². The van der Waals surface area contributed by atoms with Gasteiger partial charge in [0.05, 0.1) is 6.61 Å². The number of hydrogen-bond acceptors (Lipinski definition) is 4. The zero-order chi connectivity index (χ0) is 18.7. The van der Waals surface area contributed by atoms with Crippen molar-refractivity contribution in [2.45, 2.75) is 71.4 Å². The molecule has 1 atom stereocenters. The van der Waals surface area contributed by atoms with E-state index < -0.39 is 23.7 Å². The van der Waals surface area contributed by atoms with E-state index in [9.17, 15) is 9.59 Å². The maximum absolute atomic E-state index is 12.0. The van der Waals surface area contributed by atoms with Crippen molar-refractivity contribution in [2.75, 3.05) is 6.61 Å². The van der Waals surface area contributed by atoms with Gasteiger partial charge in [0.15, 0.2) is 0 Å². The van der Waals surface area contributed by atoms with E-state index in [1.807, 2.05) is 18.2 Å². The highest BCUT2D eigenvalue weighted by Gasteiger charge is 2.24. The standard InChI is InChI=1S/C20H31NO4/c1-5-24-18(22)17(21-19(23)25-20(2,3)4)15-11-7-10-14-16-12-8-6-9-13-16/h6,8-9,12-13,17H,5,7,10-11,14-15H2,1-4H3,(H,21,23)/t17-/m0/s1. The molecule has 0 unspecified atom stereocenters. The molecule has 1 N–H and O–H groups in total. The van der Waals surface area contributed by atoms with Gasteiger partial charge in [0.25, 0.3) is 0 Å². The van der Waals surface area contributed by atoms with E-state index in [0.717, 1.165) is 25.7 Å². The number of aryl methyl sites for hydroxylation is 1. The Kier molecular flexibility index (Phi) is 9.03. The van der Waals surface area contributed by atoms with E-state index in [2.05, 4.69) is 17.4 Å². The molecule has 0 aliphatic heterocycles. The second-order valence-corrected chi connectivity index (χ2v) is 7.04. The number of ether oxygens (including phenoxy) is 2. The van der Waals surface area contributed by atoms with Crippen molar-refractivity contribution in [1.29, 1.82) is 0 Å². The third-order valence-corrected chi connectivity index (χ3v) is 3.56. The first-order chi connectivity index (χ1) is 11.8. The van der Waals surface area contributed by atoms with Gasteiger partial charge in [-0.15, -0.1) is 0 Å². The number of esters is 1. The fourth-order valence-corrected chi connectivity index (χ4v) is 2.44. The highest BCUT2D eigenvalue weighted by molar-refractivity contribution is 5.81. The van der Waals surface area contributed by atoms with Gasteiger partial charge < -0.3 is 14.8 Å². The molecule has 0 fully saturated rings. The molecule has 5 nitrogen and oxygen atoms in total. The minimum Gasteiger partial charge on any atom is -0.464 e. The van der Waals surface area contributed by atoms with Crippen molar-refractivity contribution in [3.63, 3.8) is 0 Å². The highest BCUT2D eigenvalue weighted by atomic mass is 16.6. The Bertz CT molecular complexity index is 522. The Morgan fingerprint density at radius 3 is 2.36 bits per heavy atom. The van der Waals surface area contributed by atoms with E-state index in [1.165, 1.54) is 5.56 Å². The average Bonchev–Trinajstić information content (AvgIpc) is 2.53. The molecule has 140 valence electrons. The summed E-state index contributed by atoms with van der Waals surface area (Å²) in [6.45, 7) is 7.40. The normalized spacial score (nSPS) is 12.3. The van der Waals surface area contributed by atoms with Gasteiger partial charge in [-0.3, -0.25) is 0 Å². The van der Waals surface area contributed by atoms with E-state index >= 15 is 0 Å². The molecule has 0 radical (unpaired) electrons. The van der Waals surface area contributed by atoms with Crippen LogP contribution in [0.2, 0.25) is 0 Å². The summed E-state index contributed by atoms with van der Waals surface area (Å²) in [7, 11) is 0. The molecular weight excluding hydrogens is 318 g/mol. The minimum atomic E-state index is -0.661. The van der Waals surface area contributed by atoms with Gasteiger partial charge in [-0.2, -0.15) is 0 Å². The number of benzene rings is 1. The maximum Gasteiger partial charge on any atom is 0.408 e. The molecule has 0 spiro atoms. The van der Waals surface area contributed by atoms with Crippen molar-refractivity contribution in [3.05, 3.63) is 35.9 Å². The van der Waals surface area contributed by atoms with E-state index in [-0.39, 0.29) is 0 Å². The Hall–Kier alpha value is -2.04. The van der Waals surface area contributed by atoms with Crippen LogP contribution in [-0.4, -0.2) is 30.3 Å². The molecule has 5 heteroatoms. The van der Waals surface area contributed by atoms with Crippen molar-refractivity contribution in [2.24, 2.45) is 0 Å². The third-order valence-electron chi connectivity index (χ3n) is 3.56. The van der Waals surface area contributed by atoms with Crippen LogP contribution in [0, 0.1) is 0 Å². The molecule has 1 rings (SSSR count). The lowest BCUT2D eigenvalue weighted by atomic mass is 10.0. The number of nitrogens with one attached hydrogen (secondary N) is 1. The van der Waals surface area contributed by atoms with Crippen molar-refractivity contribution in [3.8, 4) is 0 Å². The SMILES string of the molecule is CCOC(=O)[C@H](CCCCCc1ccccc1)NC(=O)OC(C)(C)C. The molecule has 1 amide bonds. The van der Waals surface area contributed by atoms with Gasteiger partial charge in [-0.25, -0.2) is 9.59 Å². The summed E-state index contributed by atoms with van der Waals surface area (Å²) in [5.74, 6) is -0.406. The zero-order valence-corrected chi connectivity index (χ0v) is 15.8. The second kappa shape index (κ2) is 10.7. The summed E-state index contributed by atoms with van der Waals surface area (Å²) < 4.78 is 10.3. The van der Waals surface area contributed by atoms with Crippen molar-refractivity contribution < 1.29 is 19.1 Å². The first kappa shape index (κ1) is 21.0. The average molecular weight is 349 g/mol. The minimum absolute atomic E-state index is 0.291. The number of rotatable bonds is 9. The molecule has 0 saturated carbocycles. The van der Waals surface area contributed by atoms with E-state index in [1.54, 1.807) is 27.7 Å². The maximum atomic E-state index is 12.0. The number of alkyl carbamates (subject to hydrolysis) is 1. The predicted molar refractivity (Wildman–Crippen MR) is 98.4 cm³/mol. The van der Waals surface area contributed by atoms with E-state index in [4.69, 9.17) is 9.47 Å². The van der Waals surface area contributed by atoms with Gasteiger partial charge in [0, 0.05) is 0 Å². The molecule has 1 aromatic carbocycles. The fraction of sp³-hybridized carbons (Fsp3) is 0.600. The van der Waals surface area contributed by atoms with Crippen LogP contribution in [-0.2, 0) is 20.7 Å². The van der Waals surface area contributed by atoms with Crippen LogP contribution in [0.1, 0.15) is 58.9 Å². The summed E-state index contributed by atoms with van der Waals surface area (Å²) in [6, 6.07) is 9.66. The monoisotopic (exact) mass is 349 g/mol. The van der Waals surface area contributed by atoms with Gasteiger partial charge in [-0.1, -0.05) is 43.2 Å². The molecule has 0 bridgehead atoms. The van der Waals surface area contributed by atoms with Gasteiger partial charge >= 0.3 is 12.1 Å². The Morgan fingerprint density at radius 1 is 1.08 bits per heavy atom. The third kappa shape index (κ3) is 9.75. The molecule has 0 aromatic heterocycles. The smallest absolute Gasteiger partial charge is 0.408 e.